The summed E-state index contributed by atoms with van der Waals surface area (Å²) in [5.41, 5.74) is 5.06. The highest BCUT2D eigenvalue weighted by atomic mass is 16.5. The van der Waals surface area contributed by atoms with Gasteiger partial charge in [0.2, 0.25) is 0 Å². The van der Waals surface area contributed by atoms with E-state index in [0.29, 0.717) is 12.3 Å². The molecule has 1 rings (SSSR count). The first-order chi connectivity index (χ1) is 6.24. The third-order valence-electron chi connectivity index (χ3n) is 1.30. The fraction of sp³-hybridized carbons (Fsp3) is 0.429. The number of rotatable bonds is 4. The number of carbonyl (C=O) groups excluding carboxylic acids is 1. The van der Waals surface area contributed by atoms with Crippen molar-refractivity contribution >= 4 is 5.91 Å². The summed E-state index contributed by atoms with van der Waals surface area (Å²) in [5, 5.41) is 11.9. The molecule has 0 unspecified atom stereocenters. The van der Waals surface area contributed by atoms with Crippen LogP contribution in [-0.4, -0.2) is 29.3 Å². The van der Waals surface area contributed by atoms with Gasteiger partial charge in [0.15, 0.2) is 5.69 Å². The van der Waals surface area contributed by atoms with Crippen LogP contribution in [0.1, 0.15) is 16.2 Å². The van der Waals surface area contributed by atoms with Crippen molar-refractivity contribution in [3.05, 3.63) is 17.5 Å². The third-order valence-corrected chi connectivity index (χ3v) is 1.30. The lowest BCUT2D eigenvalue weighted by atomic mass is 10.4. The van der Waals surface area contributed by atoms with Crippen LogP contribution in [0.25, 0.3) is 0 Å². The van der Waals surface area contributed by atoms with Crippen LogP contribution in [0.15, 0.2) is 10.6 Å². The van der Waals surface area contributed by atoms with Crippen molar-refractivity contribution < 1.29 is 14.4 Å². The molecule has 13 heavy (non-hydrogen) atoms. The Morgan fingerprint density at radius 3 is 3.08 bits per heavy atom. The summed E-state index contributed by atoms with van der Waals surface area (Å²) in [7, 11) is 0. The van der Waals surface area contributed by atoms with Gasteiger partial charge in [0.05, 0.1) is 6.61 Å². The van der Waals surface area contributed by atoms with E-state index in [0.717, 1.165) is 0 Å². The Kier molecular flexibility index (Phi) is 3.41. The Labute approximate surface area is 74.9 Å². The van der Waals surface area contributed by atoms with Gasteiger partial charge in [0.25, 0.3) is 5.91 Å². The molecule has 1 heterocycles. The Hall–Kier alpha value is -1.40. The largest absolute Gasteiger partial charge is 0.395 e. The van der Waals surface area contributed by atoms with Gasteiger partial charge >= 0.3 is 0 Å². The van der Waals surface area contributed by atoms with E-state index in [1.807, 2.05) is 0 Å². The molecule has 0 spiro atoms. The number of carbonyl (C=O) groups is 1. The second-order valence-electron chi connectivity index (χ2n) is 2.43. The monoisotopic (exact) mass is 185 g/mol. The fourth-order valence-electron chi connectivity index (χ4n) is 0.736. The molecule has 0 aromatic carbocycles. The van der Waals surface area contributed by atoms with E-state index in [1.54, 1.807) is 6.92 Å². The maximum absolute atomic E-state index is 11.2. The van der Waals surface area contributed by atoms with E-state index in [1.165, 1.54) is 6.07 Å². The first-order valence-electron chi connectivity index (χ1n) is 3.81. The number of hydrogen-bond acceptors (Lipinski definition) is 5. The molecule has 1 amide bonds. The van der Waals surface area contributed by atoms with E-state index in [9.17, 15) is 4.79 Å². The molecule has 1 aromatic heterocycles. The molecule has 6 heteroatoms. The lowest BCUT2D eigenvalue weighted by molar-refractivity contribution is 0.0921. The molecule has 0 saturated heterocycles. The summed E-state index contributed by atoms with van der Waals surface area (Å²) < 4.78 is 4.70. The molecule has 6 nitrogen and oxygen atoms in total. The summed E-state index contributed by atoms with van der Waals surface area (Å²) in [6, 6.07) is 1.52. The van der Waals surface area contributed by atoms with E-state index in [2.05, 4.69) is 16.0 Å². The Bertz CT molecular complexity index is 284. The van der Waals surface area contributed by atoms with E-state index < -0.39 is 0 Å². The van der Waals surface area contributed by atoms with E-state index in [4.69, 9.17) is 9.63 Å². The van der Waals surface area contributed by atoms with Crippen LogP contribution in [-0.2, 0) is 0 Å². The van der Waals surface area contributed by atoms with Gasteiger partial charge < -0.3 is 9.63 Å². The van der Waals surface area contributed by atoms with Gasteiger partial charge in [-0.2, -0.15) is 0 Å². The number of nitrogens with one attached hydrogen (secondary N) is 2. The Morgan fingerprint density at radius 1 is 1.77 bits per heavy atom. The number of aliphatic hydroxyl groups excluding tert-OH is 1. The smallest absolute Gasteiger partial charge is 0.287 e. The molecule has 0 saturated carbocycles. The summed E-state index contributed by atoms with van der Waals surface area (Å²) >= 11 is 0. The molecule has 0 bridgehead atoms. The minimum atomic E-state index is -0.384. The highest BCUT2D eigenvalue weighted by Gasteiger charge is 2.09. The second-order valence-corrected chi connectivity index (χ2v) is 2.43. The average molecular weight is 185 g/mol. The van der Waals surface area contributed by atoms with Crippen LogP contribution in [0.5, 0.6) is 0 Å². The van der Waals surface area contributed by atoms with Crippen molar-refractivity contribution in [2.45, 2.75) is 6.92 Å². The first kappa shape index (κ1) is 9.69. The molecule has 0 aliphatic rings. The van der Waals surface area contributed by atoms with Crippen LogP contribution in [0.3, 0.4) is 0 Å². The molecular formula is C7H11N3O3. The molecule has 3 N–H and O–H groups in total. The van der Waals surface area contributed by atoms with Crippen molar-refractivity contribution in [3.63, 3.8) is 0 Å². The van der Waals surface area contributed by atoms with Crippen molar-refractivity contribution in [1.82, 2.24) is 16.0 Å². The van der Waals surface area contributed by atoms with Gasteiger partial charge in [-0.1, -0.05) is 5.16 Å². The molecule has 0 aliphatic heterocycles. The number of aromatic nitrogens is 1. The quantitative estimate of drug-likeness (QED) is 0.422. The lowest BCUT2D eigenvalue weighted by Gasteiger charge is -2.01. The topological polar surface area (TPSA) is 87.4 Å². The van der Waals surface area contributed by atoms with Crippen LogP contribution >= 0.6 is 0 Å². The maximum Gasteiger partial charge on any atom is 0.287 e. The van der Waals surface area contributed by atoms with Crippen LogP contribution in [0, 0.1) is 6.92 Å². The normalized spacial score (nSPS) is 10.0. The first-order valence-corrected chi connectivity index (χ1v) is 3.81. The number of hydrazine groups is 1. The number of hydrogen-bond donors (Lipinski definition) is 3. The highest BCUT2D eigenvalue weighted by Crippen LogP contribution is 1.99. The molecule has 0 radical (unpaired) electrons. The zero-order chi connectivity index (χ0) is 9.68. The minimum absolute atomic E-state index is 0.0435. The number of aryl methyl sites for hydroxylation is 1. The average Bonchev–Trinajstić information content (AvgIpc) is 2.52. The molecule has 1 aromatic rings. The molecule has 0 aliphatic carbocycles. The van der Waals surface area contributed by atoms with E-state index in [-0.39, 0.29) is 18.2 Å². The van der Waals surface area contributed by atoms with Crippen molar-refractivity contribution in [3.8, 4) is 0 Å². The lowest BCUT2D eigenvalue weighted by Crippen LogP contribution is -2.39. The Balaban J connectivity index is 2.40. The minimum Gasteiger partial charge on any atom is -0.395 e. The van der Waals surface area contributed by atoms with Crippen molar-refractivity contribution in [2.24, 2.45) is 0 Å². The zero-order valence-electron chi connectivity index (χ0n) is 7.20. The zero-order valence-corrected chi connectivity index (χ0v) is 7.20. The van der Waals surface area contributed by atoms with Crippen LogP contribution < -0.4 is 10.9 Å². The van der Waals surface area contributed by atoms with Crippen molar-refractivity contribution in [2.75, 3.05) is 13.2 Å². The second kappa shape index (κ2) is 4.58. The summed E-state index contributed by atoms with van der Waals surface area (Å²) in [4.78, 5) is 11.2. The Morgan fingerprint density at radius 2 is 2.54 bits per heavy atom. The van der Waals surface area contributed by atoms with Gasteiger partial charge in [-0.25, -0.2) is 5.43 Å². The molecule has 0 atom stereocenters. The third kappa shape index (κ3) is 2.85. The molecule has 0 fully saturated rings. The fourth-order valence-corrected chi connectivity index (χ4v) is 0.736. The molecule has 72 valence electrons. The van der Waals surface area contributed by atoms with Gasteiger partial charge in [0, 0.05) is 12.6 Å². The highest BCUT2D eigenvalue weighted by molar-refractivity contribution is 5.91. The summed E-state index contributed by atoms with van der Waals surface area (Å²) in [6.07, 6.45) is 0. The predicted octanol–water partition coefficient (Wildman–Crippen LogP) is -0.790. The van der Waals surface area contributed by atoms with Crippen molar-refractivity contribution in [1.29, 1.82) is 0 Å². The van der Waals surface area contributed by atoms with E-state index >= 15 is 0 Å². The SMILES string of the molecule is Cc1cc(C(=O)NNCCO)no1. The molecular weight excluding hydrogens is 174 g/mol. The van der Waals surface area contributed by atoms with Gasteiger partial charge in [-0.3, -0.25) is 10.2 Å². The van der Waals surface area contributed by atoms with Crippen LogP contribution in [0.2, 0.25) is 0 Å². The standard InChI is InChI=1S/C7H11N3O3/c1-5-4-6(10-13-5)7(12)9-8-2-3-11/h4,8,11H,2-3H2,1H3,(H,9,12). The number of aliphatic hydroxyl groups is 1. The van der Waals surface area contributed by atoms with Gasteiger partial charge in [-0.05, 0) is 6.92 Å². The van der Waals surface area contributed by atoms with Crippen LogP contribution in [0.4, 0.5) is 0 Å². The van der Waals surface area contributed by atoms with Gasteiger partial charge in [0.1, 0.15) is 5.76 Å². The number of nitrogens with zero attached hydrogens (tertiary/aromatic N) is 1. The maximum atomic E-state index is 11.2. The predicted molar refractivity (Wildman–Crippen MR) is 43.8 cm³/mol. The number of amides is 1. The van der Waals surface area contributed by atoms with Gasteiger partial charge in [-0.15, -0.1) is 0 Å². The summed E-state index contributed by atoms with van der Waals surface area (Å²) in [5.74, 6) is 0.192. The summed E-state index contributed by atoms with van der Waals surface area (Å²) in [6.45, 7) is 1.95.